The van der Waals surface area contributed by atoms with Crippen LogP contribution in [0.1, 0.15) is 65.2 Å². The van der Waals surface area contributed by atoms with E-state index in [1.165, 1.54) is 51.4 Å². The molecular weight excluding hydrogens is 259 g/mol. The first-order valence-electron chi connectivity index (χ1n) is 7.31. The van der Waals surface area contributed by atoms with Gasteiger partial charge < -0.3 is 0 Å². The topological polar surface area (TPSA) is 0 Å². The lowest BCUT2D eigenvalue weighted by Crippen LogP contribution is -2.21. The molecule has 0 spiro atoms. The zero-order valence-electron chi connectivity index (χ0n) is 11.3. The zero-order valence-corrected chi connectivity index (χ0v) is 12.9. The lowest BCUT2D eigenvalue weighted by atomic mass is 9.73. The van der Waals surface area contributed by atoms with Crippen LogP contribution < -0.4 is 0 Å². The second-order valence-electron chi connectivity index (χ2n) is 5.77. The van der Waals surface area contributed by atoms with E-state index in [0.717, 1.165) is 22.5 Å². The molecule has 2 heteroatoms. The van der Waals surface area contributed by atoms with E-state index in [1.54, 1.807) is 0 Å². The van der Waals surface area contributed by atoms with Crippen molar-refractivity contribution in [3.63, 3.8) is 0 Å². The Kier molecular flexibility index (Phi) is 7.11. The molecule has 0 N–H and O–H groups in total. The van der Waals surface area contributed by atoms with Crippen molar-refractivity contribution in [3.8, 4) is 0 Å². The molecule has 94 valence electrons. The molecule has 0 saturated heterocycles. The molecule has 2 atom stereocenters. The third-order valence-corrected chi connectivity index (χ3v) is 5.54. The first-order chi connectivity index (χ1) is 7.67. The van der Waals surface area contributed by atoms with E-state index in [9.17, 15) is 0 Å². The minimum absolute atomic E-state index is 0.816. The first-order valence-corrected chi connectivity index (χ1v) is 8.22. The lowest BCUT2D eigenvalue weighted by Gasteiger charge is -2.32. The molecule has 0 heterocycles. The van der Waals surface area contributed by atoms with Gasteiger partial charge in [-0.2, -0.15) is 0 Å². The highest BCUT2D eigenvalue weighted by Crippen LogP contribution is 2.37. The molecule has 1 fully saturated rings. The van der Waals surface area contributed by atoms with Crippen molar-refractivity contribution in [1.29, 1.82) is 0 Å². The second-order valence-corrected chi connectivity index (χ2v) is 7.07. The Morgan fingerprint density at radius 1 is 1.06 bits per heavy atom. The number of rotatable bonds is 6. The van der Waals surface area contributed by atoms with Crippen molar-refractivity contribution in [2.24, 2.45) is 11.8 Å². The largest absolute Gasteiger partial charge is 0.105 e. The van der Waals surface area contributed by atoms with Gasteiger partial charge in [-0.3, -0.25) is 0 Å². The van der Waals surface area contributed by atoms with E-state index in [0.29, 0.717) is 0 Å². The Morgan fingerprint density at radius 2 is 1.69 bits per heavy atom. The molecule has 0 radical (unpaired) electrons. The number of alkyl halides is 1. The predicted molar refractivity (Wildman–Crippen MR) is 80.3 cm³/mol. The third kappa shape index (κ3) is 4.81. The highest BCUT2D eigenvalue weighted by atomic mass is 79.9. The van der Waals surface area contributed by atoms with Gasteiger partial charge in [-0.15, -0.1) is 0 Å². The molecule has 0 aromatic heterocycles. The maximum Gasteiger partial charge on any atom is 0.105 e. The molecule has 16 heavy (non-hydrogen) atoms. The van der Waals surface area contributed by atoms with Crippen LogP contribution in [0.15, 0.2) is 0 Å². The van der Waals surface area contributed by atoms with Crippen LogP contribution in [-0.2, 0) is 0 Å². The normalized spacial score (nSPS) is 29.9. The number of halogens is 1. The van der Waals surface area contributed by atoms with E-state index in [2.05, 4.69) is 37.6 Å². The second kappa shape index (κ2) is 7.79. The van der Waals surface area contributed by atoms with Crippen LogP contribution in [0.3, 0.4) is 0 Å². The van der Waals surface area contributed by atoms with Crippen LogP contribution >= 0.6 is 15.9 Å². The van der Waals surface area contributed by atoms with Crippen LogP contribution in [0, 0.1) is 11.8 Å². The van der Waals surface area contributed by atoms with Gasteiger partial charge in [0.1, 0.15) is 7.85 Å². The van der Waals surface area contributed by atoms with E-state index >= 15 is 0 Å². The van der Waals surface area contributed by atoms with Gasteiger partial charge in [-0.1, -0.05) is 61.3 Å². The SMILES string of the molecule is BC(CC)CCC(CC)C1CCC(Br)CC1. The van der Waals surface area contributed by atoms with Gasteiger partial charge in [0.25, 0.3) is 0 Å². The highest BCUT2D eigenvalue weighted by molar-refractivity contribution is 9.09. The molecule has 1 aliphatic rings. The van der Waals surface area contributed by atoms with Crippen molar-refractivity contribution in [2.75, 3.05) is 0 Å². The predicted octanol–water partition coefficient (Wildman–Crippen LogP) is 4.58. The maximum absolute atomic E-state index is 3.76. The van der Waals surface area contributed by atoms with Crippen LogP contribution in [0.25, 0.3) is 0 Å². The Morgan fingerprint density at radius 3 is 2.19 bits per heavy atom. The van der Waals surface area contributed by atoms with Gasteiger partial charge >= 0.3 is 0 Å². The summed E-state index contributed by atoms with van der Waals surface area (Å²) in [6.07, 6.45) is 11.4. The quantitative estimate of drug-likeness (QED) is 0.495. The molecule has 1 rings (SSSR count). The van der Waals surface area contributed by atoms with Crippen molar-refractivity contribution in [2.45, 2.75) is 75.9 Å². The standard InChI is InChI=1S/C14H28BBr/c1-3-11(5-8-13(15)4-2)12-6-9-14(16)10-7-12/h11-14H,3-10,15H2,1-2H3. The van der Waals surface area contributed by atoms with Crippen molar-refractivity contribution >= 4 is 23.8 Å². The van der Waals surface area contributed by atoms with E-state index in [1.807, 2.05) is 0 Å². The summed E-state index contributed by atoms with van der Waals surface area (Å²) in [5.41, 5.74) is 0. The first kappa shape index (κ1) is 14.6. The summed E-state index contributed by atoms with van der Waals surface area (Å²) in [5.74, 6) is 2.97. The summed E-state index contributed by atoms with van der Waals surface area (Å²) in [6.45, 7) is 4.71. The summed E-state index contributed by atoms with van der Waals surface area (Å²) in [4.78, 5) is 0.816. The Labute approximate surface area is 111 Å². The average Bonchev–Trinajstić information content (AvgIpc) is 2.31. The molecule has 0 aromatic rings. The Bertz CT molecular complexity index is 176. The van der Waals surface area contributed by atoms with Crippen molar-refractivity contribution in [1.82, 2.24) is 0 Å². The monoisotopic (exact) mass is 286 g/mol. The van der Waals surface area contributed by atoms with E-state index in [4.69, 9.17) is 0 Å². The Hall–Kier alpha value is 0.545. The zero-order chi connectivity index (χ0) is 12.0. The van der Waals surface area contributed by atoms with Gasteiger partial charge in [0.2, 0.25) is 0 Å². The fraction of sp³-hybridized carbons (Fsp3) is 1.00. The molecule has 1 aliphatic carbocycles. The maximum atomic E-state index is 3.76. The summed E-state index contributed by atoms with van der Waals surface area (Å²) >= 11 is 3.76. The lowest BCUT2D eigenvalue weighted by molar-refractivity contribution is 0.230. The Balaban J connectivity index is 2.30. The average molecular weight is 287 g/mol. The van der Waals surface area contributed by atoms with Crippen LogP contribution in [0.2, 0.25) is 5.82 Å². The minimum atomic E-state index is 0.816. The molecule has 0 aliphatic heterocycles. The molecule has 0 bridgehead atoms. The summed E-state index contributed by atoms with van der Waals surface area (Å²) in [7, 11) is 2.40. The molecule has 2 unspecified atom stereocenters. The third-order valence-electron chi connectivity index (χ3n) is 4.62. The summed E-state index contributed by atoms with van der Waals surface area (Å²) in [6, 6.07) is 0. The van der Waals surface area contributed by atoms with E-state index < -0.39 is 0 Å². The van der Waals surface area contributed by atoms with Crippen molar-refractivity contribution in [3.05, 3.63) is 0 Å². The number of hydrogen-bond donors (Lipinski definition) is 0. The molecule has 0 aromatic carbocycles. The van der Waals surface area contributed by atoms with Gasteiger partial charge in [0.15, 0.2) is 0 Å². The molecule has 0 nitrogen and oxygen atoms in total. The fourth-order valence-corrected chi connectivity index (χ4v) is 3.55. The molecule has 1 saturated carbocycles. The molecular formula is C14H28BBr. The van der Waals surface area contributed by atoms with Gasteiger partial charge in [0.05, 0.1) is 0 Å². The van der Waals surface area contributed by atoms with Crippen LogP contribution in [0.5, 0.6) is 0 Å². The summed E-state index contributed by atoms with van der Waals surface area (Å²) in [5, 5.41) is 0. The van der Waals surface area contributed by atoms with Gasteiger partial charge in [-0.05, 0) is 37.5 Å². The highest BCUT2D eigenvalue weighted by Gasteiger charge is 2.25. The fourth-order valence-electron chi connectivity index (χ4n) is 3.03. The van der Waals surface area contributed by atoms with Gasteiger partial charge in [-0.25, -0.2) is 0 Å². The molecule has 0 amide bonds. The van der Waals surface area contributed by atoms with Crippen LogP contribution in [-0.4, -0.2) is 12.7 Å². The minimum Gasteiger partial charge on any atom is -0.0891 e. The number of hydrogen-bond acceptors (Lipinski definition) is 0. The van der Waals surface area contributed by atoms with Crippen LogP contribution in [0.4, 0.5) is 0 Å². The smallest absolute Gasteiger partial charge is 0.0891 e. The van der Waals surface area contributed by atoms with Crippen molar-refractivity contribution < 1.29 is 0 Å². The van der Waals surface area contributed by atoms with Gasteiger partial charge in [0, 0.05) is 4.83 Å². The summed E-state index contributed by atoms with van der Waals surface area (Å²) < 4.78 is 0. The van der Waals surface area contributed by atoms with E-state index in [-0.39, 0.29) is 0 Å².